The van der Waals surface area contributed by atoms with Gasteiger partial charge in [-0.15, -0.1) is 0 Å². The van der Waals surface area contributed by atoms with E-state index in [2.05, 4.69) is 9.97 Å². The smallest absolute Gasteiger partial charge is 0.316 e. The molecule has 3 rings (SSSR count). The summed E-state index contributed by atoms with van der Waals surface area (Å²) in [5, 5.41) is 0. The van der Waals surface area contributed by atoms with Crippen molar-refractivity contribution in [1.29, 1.82) is 0 Å². The Kier molecular flexibility index (Phi) is 4.88. The largest absolute Gasteiger partial charge is 0.494 e. The van der Waals surface area contributed by atoms with Crippen molar-refractivity contribution in [3.8, 4) is 11.8 Å². The molecule has 24 heavy (non-hydrogen) atoms. The molecule has 0 unspecified atom stereocenters. The molecule has 1 aromatic carbocycles. The second kappa shape index (κ2) is 7.25. The quantitative estimate of drug-likeness (QED) is 0.841. The van der Waals surface area contributed by atoms with E-state index in [1.807, 2.05) is 6.92 Å². The number of rotatable bonds is 5. The van der Waals surface area contributed by atoms with E-state index in [9.17, 15) is 9.18 Å². The number of halogens is 1. The van der Waals surface area contributed by atoms with Gasteiger partial charge in [0.2, 0.25) is 0 Å². The maximum Gasteiger partial charge on any atom is 0.316 e. The van der Waals surface area contributed by atoms with E-state index in [4.69, 9.17) is 9.47 Å². The van der Waals surface area contributed by atoms with Crippen LogP contribution in [0.4, 0.5) is 4.39 Å². The molecule has 0 N–H and O–H groups in total. The number of hydrogen-bond acceptors (Lipinski definition) is 5. The maximum absolute atomic E-state index is 12.8. The van der Waals surface area contributed by atoms with Crippen molar-refractivity contribution in [1.82, 2.24) is 14.9 Å². The summed E-state index contributed by atoms with van der Waals surface area (Å²) in [5.41, 5.74) is 0.608. The van der Waals surface area contributed by atoms with Crippen molar-refractivity contribution in [2.24, 2.45) is 0 Å². The lowest BCUT2D eigenvalue weighted by atomic mass is 10.2. The summed E-state index contributed by atoms with van der Waals surface area (Å²) < 4.78 is 23.8. The first kappa shape index (κ1) is 16.2. The summed E-state index contributed by atoms with van der Waals surface area (Å²) in [6.45, 7) is 3.54. The van der Waals surface area contributed by atoms with Gasteiger partial charge < -0.3 is 14.4 Å². The van der Waals surface area contributed by atoms with E-state index in [0.29, 0.717) is 31.7 Å². The fourth-order valence-electron chi connectivity index (χ4n) is 2.56. The summed E-state index contributed by atoms with van der Waals surface area (Å²) in [6, 6.07) is 7.20. The van der Waals surface area contributed by atoms with Crippen LogP contribution in [0.2, 0.25) is 0 Å². The second-order valence-electron chi connectivity index (χ2n) is 5.42. The van der Waals surface area contributed by atoms with Gasteiger partial charge in [0.15, 0.2) is 5.82 Å². The highest BCUT2D eigenvalue weighted by Crippen LogP contribution is 2.19. The number of amides is 1. The lowest BCUT2D eigenvalue weighted by molar-refractivity contribution is 0.0769. The molecule has 126 valence electrons. The molecular formula is C17H18FN3O3. The number of hydrogen-bond donors (Lipinski definition) is 0. The van der Waals surface area contributed by atoms with Crippen molar-refractivity contribution in [3.05, 3.63) is 48.0 Å². The Balaban J connectivity index is 1.58. The van der Waals surface area contributed by atoms with Crippen LogP contribution in [0.25, 0.3) is 0 Å². The molecule has 7 heteroatoms. The van der Waals surface area contributed by atoms with Crippen molar-refractivity contribution in [2.45, 2.75) is 19.4 Å². The van der Waals surface area contributed by atoms with Crippen LogP contribution in [-0.4, -0.2) is 46.6 Å². The fourth-order valence-corrected chi connectivity index (χ4v) is 2.56. The van der Waals surface area contributed by atoms with E-state index in [1.54, 1.807) is 29.2 Å². The van der Waals surface area contributed by atoms with Gasteiger partial charge in [0.1, 0.15) is 11.9 Å². The SMILES string of the molecule is CCOc1ccc(C(=O)N2CC[C@H](Oc3ncc(F)cn3)C2)cc1. The lowest BCUT2D eigenvalue weighted by Gasteiger charge is -2.17. The molecule has 0 bridgehead atoms. The van der Waals surface area contributed by atoms with E-state index in [1.165, 1.54) is 0 Å². The third-order valence-corrected chi connectivity index (χ3v) is 3.71. The van der Waals surface area contributed by atoms with E-state index in [0.717, 1.165) is 18.1 Å². The van der Waals surface area contributed by atoms with Gasteiger partial charge in [0.05, 0.1) is 25.5 Å². The summed E-state index contributed by atoms with van der Waals surface area (Å²) in [5.74, 6) is 0.176. The highest BCUT2D eigenvalue weighted by molar-refractivity contribution is 5.94. The van der Waals surface area contributed by atoms with Crippen molar-refractivity contribution in [2.75, 3.05) is 19.7 Å². The van der Waals surface area contributed by atoms with E-state index < -0.39 is 5.82 Å². The van der Waals surface area contributed by atoms with E-state index in [-0.39, 0.29) is 18.0 Å². The lowest BCUT2D eigenvalue weighted by Crippen LogP contribution is -2.31. The summed E-state index contributed by atoms with van der Waals surface area (Å²) in [6.07, 6.45) is 2.60. The third kappa shape index (κ3) is 3.79. The minimum absolute atomic E-state index is 0.0517. The van der Waals surface area contributed by atoms with Gasteiger partial charge in [-0.2, -0.15) is 0 Å². The zero-order valence-electron chi connectivity index (χ0n) is 13.3. The molecule has 0 radical (unpaired) electrons. The first-order valence-corrected chi connectivity index (χ1v) is 7.82. The molecule has 2 heterocycles. The van der Waals surface area contributed by atoms with Gasteiger partial charge in [-0.05, 0) is 31.2 Å². The topological polar surface area (TPSA) is 64.5 Å². The third-order valence-electron chi connectivity index (χ3n) is 3.71. The zero-order valence-corrected chi connectivity index (χ0v) is 13.3. The van der Waals surface area contributed by atoms with Gasteiger partial charge in [-0.25, -0.2) is 14.4 Å². The molecule has 2 aromatic rings. The molecule has 0 saturated carbocycles. The first-order valence-electron chi connectivity index (χ1n) is 7.82. The number of ether oxygens (including phenoxy) is 2. The standard InChI is InChI=1S/C17H18FN3O3/c1-2-23-14-5-3-12(4-6-14)16(22)21-8-7-15(11-21)24-17-19-9-13(18)10-20-17/h3-6,9-10,15H,2,7-8,11H2,1H3/t15-/m0/s1. The van der Waals surface area contributed by atoms with Crippen LogP contribution in [0.15, 0.2) is 36.7 Å². The molecule has 1 atom stereocenters. The van der Waals surface area contributed by atoms with Crippen molar-refractivity contribution in [3.63, 3.8) is 0 Å². The number of carbonyl (C=O) groups excluding carboxylic acids is 1. The number of nitrogens with zero attached hydrogens (tertiary/aromatic N) is 3. The molecule has 1 aromatic heterocycles. The van der Waals surface area contributed by atoms with Gasteiger partial charge in [-0.1, -0.05) is 0 Å². The second-order valence-corrected chi connectivity index (χ2v) is 5.42. The normalized spacial score (nSPS) is 16.9. The van der Waals surface area contributed by atoms with E-state index >= 15 is 0 Å². The van der Waals surface area contributed by atoms with Gasteiger partial charge in [0.25, 0.3) is 5.91 Å². The van der Waals surface area contributed by atoms with Crippen LogP contribution in [0.1, 0.15) is 23.7 Å². The number of likely N-dealkylation sites (tertiary alicyclic amines) is 1. The molecule has 1 saturated heterocycles. The molecule has 1 fully saturated rings. The predicted molar refractivity (Wildman–Crippen MR) is 84.5 cm³/mol. The minimum Gasteiger partial charge on any atom is -0.494 e. The summed E-state index contributed by atoms with van der Waals surface area (Å²) in [7, 11) is 0. The summed E-state index contributed by atoms with van der Waals surface area (Å²) in [4.78, 5) is 21.8. The van der Waals surface area contributed by atoms with Crippen LogP contribution in [-0.2, 0) is 0 Å². The molecule has 1 amide bonds. The van der Waals surface area contributed by atoms with Crippen LogP contribution in [0, 0.1) is 5.82 Å². The summed E-state index contributed by atoms with van der Waals surface area (Å²) >= 11 is 0. The maximum atomic E-state index is 12.8. The minimum atomic E-state index is -0.513. The average molecular weight is 331 g/mol. The van der Waals surface area contributed by atoms with Crippen molar-refractivity contribution < 1.29 is 18.7 Å². The first-order chi connectivity index (χ1) is 11.7. The average Bonchev–Trinajstić information content (AvgIpc) is 3.06. The van der Waals surface area contributed by atoms with Crippen LogP contribution in [0.5, 0.6) is 11.8 Å². The Hall–Kier alpha value is -2.70. The number of carbonyl (C=O) groups is 1. The monoisotopic (exact) mass is 331 g/mol. The van der Waals surface area contributed by atoms with Crippen molar-refractivity contribution >= 4 is 5.91 Å². The van der Waals surface area contributed by atoms with Gasteiger partial charge in [0, 0.05) is 18.5 Å². The van der Waals surface area contributed by atoms with Crippen LogP contribution in [0.3, 0.4) is 0 Å². The molecule has 0 aliphatic carbocycles. The zero-order chi connectivity index (χ0) is 16.9. The van der Waals surface area contributed by atoms with Crippen LogP contribution < -0.4 is 9.47 Å². The molecule has 6 nitrogen and oxygen atoms in total. The predicted octanol–water partition coefficient (Wildman–Crippen LogP) is 2.31. The highest BCUT2D eigenvalue weighted by atomic mass is 19.1. The Labute approximate surface area is 139 Å². The van der Waals surface area contributed by atoms with Gasteiger partial charge in [-0.3, -0.25) is 4.79 Å². The highest BCUT2D eigenvalue weighted by Gasteiger charge is 2.28. The van der Waals surface area contributed by atoms with Crippen LogP contribution >= 0.6 is 0 Å². The Morgan fingerprint density at radius 2 is 2.00 bits per heavy atom. The Morgan fingerprint density at radius 3 is 2.67 bits per heavy atom. The molecule has 1 aliphatic heterocycles. The number of aromatic nitrogens is 2. The molecule has 0 spiro atoms. The number of benzene rings is 1. The molecule has 1 aliphatic rings. The Morgan fingerprint density at radius 1 is 1.29 bits per heavy atom. The van der Waals surface area contributed by atoms with Gasteiger partial charge >= 0.3 is 6.01 Å². The Bertz CT molecular complexity index is 691. The fraction of sp³-hybridized carbons (Fsp3) is 0.353. The molecular weight excluding hydrogens is 313 g/mol.